The van der Waals surface area contributed by atoms with Crippen molar-refractivity contribution in [3.05, 3.63) is 0 Å². The molecule has 1 saturated carbocycles. The molecule has 0 aliphatic heterocycles. The van der Waals surface area contributed by atoms with Crippen molar-refractivity contribution in [3.8, 4) is 0 Å². The van der Waals surface area contributed by atoms with Crippen LogP contribution in [0.1, 0.15) is 52.4 Å². The Balaban J connectivity index is 3.11. The van der Waals surface area contributed by atoms with E-state index in [1.54, 1.807) is 5.32 Å². The van der Waals surface area contributed by atoms with E-state index in [1.807, 2.05) is 0 Å². The molecule has 0 saturated heterocycles. The summed E-state index contributed by atoms with van der Waals surface area (Å²) in [7, 11) is 0. The molecule has 3 nitrogen and oxygen atoms in total. The summed E-state index contributed by atoms with van der Waals surface area (Å²) in [5.74, 6) is -1.64. The zero-order valence-electron chi connectivity index (χ0n) is 13.1. The lowest BCUT2D eigenvalue weighted by Crippen LogP contribution is -2.77. The maximum atomic E-state index is 13.3. The van der Waals surface area contributed by atoms with Crippen LogP contribution in [0.2, 0.25) is 0 Å². The van der Waals surface area contributed by atoms with Crippen molar-refractivity contribution in [1.29, 1.82) is 0 Å². The average molecular weight is 348 g/mol. The molecule has 0 aromatic rings. The highest BCUT2D eigenvalue weighted by molar-refractivity contribution is 5.77. The summed E-state index contributed by atoms with van der Waals surface area (Å²) in [6.45, 7) is 3.08. The first-order valence-corrected chi connectivity index (χ1v) is 7.61. The summed E-state index contributed by atoms with van der Waals surface area (Å²) in [5.41, 5.74) is -4.41. The molecule has 136 valence electrons. The van der Waals surface area contributed by atoms with Gasteiger partial charge in [-0.05, 0) is 18.8 Å². The van der Waals surface area contributed by atoms with Crippen LogP contribution >= 0.6 is 0 Å². The monoisotopic (exact) mass is 348 g/mol. The number of hydrogen-bond donors (Lipinski definition) is 2. The second-order valence-electron chi connectivity index (χ2n) is 6.37. The fourth-order valence-corrected chi connectivity index (χ4v) is 2.69. The zero-order valence-corrected chi connectivity index (χ0v) is 13.1. The largest absolute Gasteiger partial charge is 0.434 e. The van der Waals surface area contributed by atoms with Crippen molar-refractivity contribution < 1.29 is 31.1 Å². The van der Waals surface area contributed by atoms with E-state index in [0.717, 1.165) is 6.42 Å². The second-order valence-corrected chi connectivity index (χ2v) is 6.37. The minimum Gasteiger partial charge on any atom is -0.323 e. The molecule has 0 atom stereocenters. The number of rotatable bonds is 5. The molecule has 0 aromatic carbocycles. The number of hydrogen-bond acceptors (Lipinski definition) is 2. The van der Waals surface area contributed by atoms with Crippen LogP contribution in [-0.2, 0) is 4.79 Å². The summed E-state index contributed by atoms with van der Waals surface area (Å²) in [6, 6.07) is -0.939. The molecule has 2 N–H and O–H groups in total. The normalized spacial score (nSPS) is 18.3. The van der Waals surface area contributed by atoms with Gasteiger partial charge in [0.15, 0.2) is 0 Å². The van der Waals surface area contributed by atoms with Crippen molar-refractivity contribution in [2.45, 2.75) is 76.4 Å². The highest BCUT2D eigenvalue weighted by Crippen LogP contribution is 2.42. The van der Waals surface area contributed by atoms with E-state index in [1.165, 1.54) is 19.2 Å². The number of amides is 1. The van der Waals surface area contributed by atoms with Crippen LogP contribution < -0.4 is 10.6 Å². The van der Waals surface area contributed by atoms with Gasteiger partial charge in [0.1, 0.15) is 0 Å². The van der Waals surface area contributed by atoms with Gasteiger partial charge in [0, 0.05) is 12.5 Å². The van der Waals surface area contributed by atoms with Crippen LogP contribution in [0.15, 0.2) is 0 Å². The molecular weight excluding hydrogens is 326 g/mol. The maximum Gasteiger partial charge on any atom is 0.434 e. The first kappa shape index (κ1) is 20.1. The van der Waals surface area contributed by atoms with Gasteiger partial charge in [0.05, 0.1) is 0 Å². The van der Waals surface area contributed by atoms with Gasteiger partial charge in [-0.3, -0.25) is 10.1 Å². The Labute approximate surface area is 131 Å². The molecule has 0 unspecified atom stereocenters. The number of carbonyl (C=O) groups is 1. The van der Waals surface area contributed by atoms with E-state index >= 15 is 0 Å². The lowest BCUT2D eigenvalue weighted by atomic mass is 9.93. The lowest BCUT2D eigenvalue weighted by Gasteiger charge is -2.42. The van der Waals surface area contributed by atoms with E-state index in [-0.39, 0.29) is 18.8 Å². The number of halogens is 6. The average Bonchev–Trinajstić information content (AvgIpc) is 2.35. The third-order valence-corrected chi connectivity index (χ3v) is 3.80. The minimum absolute atomic E-state index is 0.216. The number of alkyl halides is 6. The Morgan fingerprint density at radius 3 is 1.87 bits per heavy atom. The summed E-state index contributed by atoms with van der Waals surface area (Å²) in [4.78, 5) is 11.7. The first-order chi connectivity index (χ1) is 10.4. The van der Waals surface area contributed by atoms with Gasteiger partial charge >= 0.3 is 12.4 Å². The number of carbonyl (C=O) groups excluding carboxylic acids is 1. The van der Waals surface area contributed by atoms with E-state index in [0.29, 0.717) is 12.8 Å². The van der Waals surface area contributed by atoms with Gasteiger partial charge in [-0.2, -0.15) is 26.3 Å². The molecule has 1 aliphatic carbocycles. The molecule has 0 radical (unpaired) electrons. The molecule has 1 rings (SSSR count). The Hall–Kier alpha value is -0.990. The third kappa shape index (κ3) is 4.99. The summed E-state index contributed by atoms with van der Waals surface area (Å²) < 4.78 is 80.0. The van der Waals surface area contributed by atoms with Gasteiger partial charge in [-0.25, -0.2) is 0 Å². The van der Waals surface area contributed by atoms with Crippen LogP contribution in [-0.4, -0.2) is 30.0 Å². The van der Waals surface area contributed by atoms with Gasteiger partial charge in [0.25, 0.3) is 5.66 Å². The van der Waals surface area contributed by atoms with Crippen LogP contribution in [0.5, 0.6) is 0 Å². The molecular formula is C14H22F6N2O. The van der Waals surface area contributed by atoms with Crippen LogP contribution in [0.3, 0.4) is 0 Å². The quantitative estimate of drug-likeness (QED) is 0.585. The smallest absolute Gasteiger partial charge is 0.323 e. The van der Waals surface area contributed by atoms with Crippen molar-refractivity contribution in [2.24, 2.45) is 5.92 Å². The van der Waals surface area contributed by atoms with Crippen LogP contribution in [0.4, 0.5) is 26.3 Å². The predicted octanol–water partition coefficient (Wildman–Crippen LogP) is 3.89. The van der Waals surface area contributed by atoms with Crippen LogP contribution in [0, 0.1) is 5.92 Å². The highest BCUT2D eigenvalue weighted by Gasteiger charge is 2.72. The Morgan fingerprint density at radius 2 is 1.48 bits per heavy atom. The molecule has 23 heavy (non-hydrogen) atoms. The van der Waals surface area contributed by atoms with Crippen molar-refractivity contribution in [1.82, 2.24) is 10.6 Å². The zero-order chi connectivity index (χ0) is 17.9. The second kappa shape index (κ2) is 7.27. The highest BCUT2D eigenvalue weighted by atomic mass is 19.4. The predicted molar refractivity (Wildman–Crippen MR) is 72.4 cm³/mol. The van der Waals surface area contributed by atoms with Crippen molar-refractivity contribution in [2.75, 3.05) is 0 Å². The Kier molecular flexibility index (Phi) is 6.34. The van der Waals surface area contributed by atoms with Gasteiger partial charge in [0.2, 0.25) is 5.91 Å². The molecule has 1 fully saturated rings. The summed E-state index contributed by atoms with van der Waals surface area (Å²) >= 11 is 0. The molecule has 9 heteroatoms. The Morgan fingerprint density at radius 1 is 1.00 bits per heavy atom. The standard InChI is InChI=1S/C14H22F6N2O/c1-9(2)8-11(23)22-12(13(15,16)17,14(18,19)20)21-10-6-4-3-5-7-10/h9-10,21H,3-8H2,1-2H3,(H,22,23). The minimum atomic E-state index is -5.70. The molecule has 0 bridgehead atoms. The summed E-state index contributed by atoms with van der Waals surface area (Å²) in [5, 5.41) is 2.86. The fraction of sp³-hybridized carbons (Fsp3) is 0.929. The van der Waals surface area contributed by atoms with E-state index in [4.69, 9.17) is 0 Å². The lowest BCUT2D eigenvalue weighted by molar-refractivity contribution is -0.318. The van der Waals surface area contributed by atoms with Crippen molar-refractivity contribution in [3.63, 3.8) is 0 Å². The van der Waals surface area contributed by atoms with Gasteiger partial charge < -0.3 is 5.32 Å². The van der Waals surface area contributed by atoms with Crippen molar-refractivity contribution >= 4 is 5.91 Å². The van der Waals surface area contributed by atoms with E-state index in [2.05, 4.69) is 0 Å². The van der Waals surface area contributed by atoms with Crippen LogP contribution in [0.25, 0.3) is 0 Å². The number of nitrogens with one attached hydrogen (secondary N) is 2. The SMILES string of the molecule is CC(C)CC(=O)NC(NC1CCCCC1)(C(F)(F)F)C(F)(F)F. The fourth-order valence-electron chi connectivity index (χ4n) is 2.69. The molecule has 0 aromatic heterocycles. The molecule has 1 aliphatic rings. The third-order valence-electron chi connectivity index (χ3n) is 3.80. The molecule has 0 spiro atoms. The molecule has 0 heterocycles. The van der Waals surface area contributed by atoms with E-state index < -0.39 is 36.4 Å². The summed E-state index contributed by atoms with van der Waals surface area (Å²) in [6.07, 6.45) is -9.48. The van der Waals surface area contributed by atoms with Gasteiger partial charge in [-0.1, -0.05) is 33.1 Å². The Bertz CT molecular complexity index is 385. The van der Waals surface area contributed by atoms with E-state index in [9.17, 15) is 31.1 Å². The first-order valence-electron chi connectivity index (χ1n) is 7.61. The topological polar surface area (TPSA) is 41.1 Å². The maximum absolute atomic E-state index is 13.3. The molecule has 1 amide bonds. The van der Waals surface area contributed by atoms with Gasteiger partial charge in [-0.15, -0.1) is 0 Å².